The number of rotatable bonds is 5. The van der Waals surface area contributed by atoms with E-state index in [4.69, 9.17) is 4.74 Å². The molecule has 4 rings (SSSR count). The van der Waals surface area contributed by atoms with Gasteiger partial charge in [0.2, 0.25) is 5.88 Å². The number of tetrazole rings is 1. The van der Waals surface area contributed by atoms with Crippen LogP contribution in [0.3, 0.4) is 0 Å². The Morgan fingerprint density at radius 2 is 1.74 bits per heavy atom. The summed E-state index contributed by atoms with van der Waals surface area (Å²) in [5.74, 6) is -0.0425. The van der Waals surface area contributed by atoms with Crippen LogP contribution in [0.1, 0.15) is 5.56 Å². The molecular formula is C18H15FN6O2. The molecule has 0 N–H and O–H groups in total. The Hall–Kier alpha value is -3.75. The summed E-state index contributed by atoms with van der Waals surface area (Å²) in [5, 5.41) is 11.8. The number of hydrogen-bond acceptors (Lipinski definition) is 5. The molecule has 0 spiro atoms. The highest BCUT2D eigenvalue weighted by Crippen LogP contribution is 2.18. The topological polar surface area (TPSA) is 79.8 Å². The largest absolute Gasteiger partial charge is 0.472 e. The Morgan fingerprint density at radius 3 is 2.48 bits per heavy atom. The van der Waals surface area contributed by atoms with Crippen LogP contribution < -0.4 is 10.4 Å². The highest BCUT2D eigenvalue weighted by Gasteiger charge is 2.12. The molecule has 0 atom stereocenters. The predicted octanol–water partition coefficient (Wildman–Crippen LogP) is 1.87. The first-order valence-corrected chi connectivity index (χ1v) is 8.14. The third kappa shape index (κ3) is 3.22. The van der Waals surface area contributed by atoms with Crippen molar-refractivity contribution < 1.29 is 9.13 Å². The molecule has 27 heavy (non-hydrogen) atoms. The molecule has 136 valence electrons. The van der Waals surface area contributed by atoms with E-state index >= 15 is 0 Å². The zero-order valence-electron chi connectivity index (χ0n) is 14.4. The quantitative estimate of drug-likeness (QED) is 0.539. The Balaban J connectivity index is 1.56. The lowest BCUT2D eigenvalue weighted by Gasteiger charge is -2.08. The van der Waals surface area contributed by atoms with Crippen molar-refractivity contribution in [3.05, 3.63) is 82.7 Å². The second kappa shape index (κ2) is 6.87. The molecule has 8 nitrogen and oxygen atoms in total. The van der Waals surface area contributed by atoms with Crippen LogP contribution in [0.15, 0.2) is 65.6 Å². The summed E-state index contributed by atoms with van der Waals surface area (Å²) in [5.41, 5.74) is 1.29. The first-order chi connectivity index (χ1) is 13.1. The van der Waals surface area contributed by atoms with E-state index in [9.17, 15) is 9.18 Å². The van der Waals surface area contributed by atoms with Crippen molar-refractivity contribution >= 4 is 0 Å². The van der Waals surface area contributed by atoms with Crippen molar-refractivity contribution in [3.63, 3.8) is 0 Å². The number of halogens is 1. The molecule has 0 radical (unpaired) electrons. The van der Waals surface area contributed by atoms with E-state index in [0.717, 1.165) is 10.2 Å². The predicted molar refractivity (Wildman–Crippen MR) is 94.5 cm³/mol. The number of hydrogen-bond donors (Lipinski definition) is 0. The molecule has 0 unspecified atom stereocenters. The molecule has 2 heterocycles. The van der Waals surface area contributed by atoms with Crippen LogP contribution in [0.25, 0.3) is 11.4 Å². The van der Waals surface area contributed by atoms with E-state index in [-0.39, 0.29) is 18.1 Å². The van der Waals surface area contributed by atoms with Crippen molar-refractivity contribution in [2.24, 2.45) is 7.05 Å². The van der Waals surface area contributed by atoms with Gasteiger partial charge in [0.15, 0.2) is 0 Å². The van der Waals surface area contributed by atoms with E-state index in [0.29, 0.717) is 17.3 Å². The third-order valence-corrected chi connectivity index (χ3v) is 3.98. The lowest BCUT2D eigenvalue weighted by Crippen LogP contribution is -2.23. The van der Waals surface area contributed by atoms with Crippen LogP contribution in [0.4, 0.5) is 4.39 Å². The molecule has 2 aromatic heterocycles. The van der Waals surface area contributed by atoms with Gasteiger partial charge >= 0.3 is 5.69 Å². The highest BCUT2D eigenvalue weighted by molar-refractivity contribution is 5.39. The maximum absolute atomic E-state index is 13.9. The number of para-hydroxylation sites is 2. The van der Waals surface area contributed by atoms with E-state index in [1.807, 2.05) is 12.1 Å². The molecule has 0 aliphatic carbocycles. The van der Waals surface area contributed by atoms with Crippen LogP contribution in [-0.4, -0.2) is 29.6 Å². The average molecular weight is 366 g/mol. The maximum Gasteiger partial charge on any atom is 0.368 e. The summed E-state index contributed by atoms with van der Waals surface area (Å²) in [7, 11) is 1.53. The lowest BCUT2D eigenvalue weighted by molar-refractivity contribution is 0.291. The van der Waals surface area contributed by atoms with Crippen molar-refractivity contribution in [2.75, 3.05) is 0 Å². The standard InChI is InChI=1S/C18H15FN6O2/c1-23-18(26)25(22-21-23)15-8-4-2-6-13(15)12-27-17-10-11-24(20-17)16-9-5-3-7-14(16)19/h2-11H,12H2,1H3. The van der Waals surface area contributed by atoms with Gasteiger partial charge in [-0.3, -0.25) is 0 Å². The normalized spacial score (nSPS) is 10.9. The summed E-state index contributed by atoms with van der Waals surface area (Å²) >= 11 is 0. The fourth-order valence-electron chi connectivity index (χ4n) is 2.61. The first kappa shape index (κ1) is 16.7. The van der Waals surface area contributed by atoms with Crippen LogP contribution in [0.5, 0.6) is 5.88 Å². The van der Waals surface area contributed by atoms with Crippen molar-refractivity contribution in [1.29, 1.82) is 0 Å². The van der Waals surface area contributed by atoms with Crippen LogP contribution >= 0.6 is 0 Å². The van der Waals surface area contributed by atoms with E-state index in [2.05, 4.69) is 15.5 Å². The van der Waals surface area contributed by atoms with E-state index in [1.165, 1.54) is 22.5 Å². The van der Waals surface area contributed by atoms with Crippen LogP contribution in [-0.2, 0) is 13.7 Å². The van der Waals surface area contributed by atoms with Gasteiger partial charge in [0.1, 0.15) is 18.1 Å². The summed E-state index contributed by atoms with van der Waals surface area (Å²) < 4.78 is 23.3. The minimum Gasteiger partial charge on any atom is -0.472 e. The van der Waals surface area contributed by atoms with Gasteiger partial charge < -0.3 is 4.74 Å². The fourth-order valence-corrected chi connectivity index (χ4v) is 2.61. The summed E-state index contributed by atoms with van der Waals surface area (Å²) in [6, 6.07) is 15.2. The number of benzene rings is 2. The van der Waals surface area contributed by atoms with Gasteiger partial charge in [-0.25, -0.2) is 13.9 Å². The van der Waals surface area contributed by atoms with Crippen LogP contribution in [0.2, 0.25) is 0 Å². The third-order valence-electron chi connectivity index (χ3n) is 3.98. The summed E-state index contributed by atoms with van der Waals surface area (Å²) in [4.78, 5) is 12.1. The zero-order chi connectivity index (χ0) is 18.8. The molecule has 0 aliphatic heterocycles. The average Bonchev–Trinajstić information content (AvgIpc) is 3.28. The van der Waals surface area contributed by atoms with Crippen LogP contribution in [0, 0.1) is 5.82 Å². The molecule has 0 bridgehead atoms. The number of aryl methyl sites for hydroxylation is 1. The Labute approximate surface area is 153 Å². The van der Waals surface area contributed by atoms with Gasteiger partial charge in [-0.1, -0.05) is 30.3 Å². The van der Waals surface area contributed by atoms with Gasteiger partial charge in [0.05, 0.1) is 5.69 Å². The van der Waals surface area contributed by atoms with Gasteiger partial charge in [-0.15, -0.1) is 5.10 Å². The second-order valence-electron chi connectivity index (χ2n) is 5.76. The molecule has 0 saturated heterocycles. The van der Waals surface area contributed by atoms with Gasteiger partial charge in [-0.2, -0.15) is 9.36 Å². The zero-order valence-corrected chi connectivity index (χ0v) is 14.4. The highest BCUT2D eigenvalue weighted by atomic mass is 19.1. The number of nitrogens with zero attached hydrogens (tertiary/aromatic N) is 6. The lowest BCUT2D eigenvalue weighted by atomic mass is 10.2. The van der Waals surface area contributed by atoms with Gasteiger partial charge in [-0.05, 0) is 28.6 Å². The van der Waals surface area contributed by atoms with Crippen molar-refractivity contribution in [1.82, 2.24) is 29.6 Å². The molecular weight excluding hydrogens is 351 g/mol. The summed E-state index contributed by atoms with van der Waals surface area (Å²) in [6.45, 7) is 0.160. The van der Waals surface area contributed by atoms with E-state index < -0.39 is 0 Å². The Morgan fingerprint density at radius 1 is 1.00 bits per heavy atom. The number of aromatic nitrogens is 6. The van der Waals surface area contributed by atoms with Gasteiger partial charge in [0.25, 0.3) is 0 Å². The molecule has 0 saturated carbocycles. The fraction of sp³-hybridized carbons (Fsp3) is 0.111. The smallest absolute Gasteiger partial charge is 0.368 e. The Kier molecular flexibility index (Phi) is 4.25. The van der Waals surface area contributed by atoms with E-state index in [1.54, 1.807) is 42.6 Å². The minimum absolute atomic E-state index is 0.160. The maximum atomic E-state index is 13.9. The molecule has 2 aromatic carbocycles. The molecule has 0 fully saturated rings. The second-order valence-corrected chi connectivity index (χ2v) is 5.76. The van der Waals surface area contributed by atoms with Crippen molar-refractivity contribution in [3.8, 4) is 17.3 Å². The SMILES string of the molecule is Cn1nnn(-c2ccccc2COc2ccn(-c3ccccc3F)n2)c1=O. The molecule has 0 amide bonds. The number of ether oxygens (including phenoxy) is 1. The van der Waals surface area contributed by atoms with Gasteiger partial charge in [0, 0.05) is 24.9 Å². The summed E-state index contributed by atoms with van der Waals surface area (Å²) in [6.07, 6.45) is 1.62. The molecule has 4 aromatic rings. The minimum atomic E-state index is -0.375. The first-order valence-electron chi connectivity index (χ1n) is 8.14. The van der Waals surface area contributed by atoms with Crippen molar-refractivity contribution in [2.45, 2.75) is 6.61 Å². The Bertz CT molecular complexity index is 1150. The monoisotopic (exact) mass is 366 g/mol. The molecule has 0 aliphatic rings. The molecule has 9 heteroatoms.